The Balaban J connectivity index is -0.000000000500. The smallest absolute Gasteiger partial charge is 1.00 e. The van der Waals surface area contributed by atoms with Crippen LogP contribution in [0.25, 0.3) is 0 Å². The maximum atomic E-state index is 6.25. The fourth-order valence-corrected chi connectivity index (χ4v) is 0. The van der Waals surface area contributed by atoms with Crippen molar-refractivity contribution < 1.29 is 101 Å². The standard InChI is InChI=1S/CN.Fe.K.Na.2H/c1-2;;;;;/q-1;;2*+1;2*-1. The first-order valence-electron chi connectivity index (χ1n) is 0.224. The summed E-state index contributed by atoms with van der Waals surface area (Å²) >= 11 is 0. The van der Waals surface area contributed by atoms with Crippen LogP contribution in [0, 0.1) is 11.8 Å². The zero-order chi connectivity index (χ0) is 2.00. The van der Waals surface area contributed by atoms with Gasteiger partial charge in [0, 0.05) is 17.1 Å². The summed E-state index contributed by atoms with van der Waals surface area (Å²) in [7, 11) is 0. The molecule has 0 bridgehead atoms. The molecule has 0 aromatic carbocycles. The molecule has 0 aromatic heterocycles. The summed E-state index contributed by atoms with van der Waals surface area (Å²) in [4.78, 5) is 0. The maximum Gasteiger partial charge on any atom is 1.00 e. The Bertz CT molecular complexity index is 22.4. The Labute approximate surface area is 110 Å². The molecule has 0 unspecified atom stereocenters. The normalized spacial score (nSPS) is 0.400. The van der Waals surface area contributed by atoms with Gasteiger partial charge in [0.2, 0.25) is 0 Å². The van der Waals surface area contributed by atoms with E-state index in [0.717, 1.165) is 0 Å². The molecule has 1 nitrogen and oxygen atoms in total. The first-order valence-corrected chi connectivity index (χ1v) is 0.224. The van der Waals surface area contributed by atoms with Gasteiger partial charge >= 0.3 is 80.9 Å². The molecule has 0 aliphatic rings. The van der Waals surface area contributed by atoms with Gasteiger partial charge in [-0.3, -0.25) is 0 Å². The third-order valence-electron chi connectivity index (χ3n) is 0. The van der Waals surface area contributed by atoms with Crippen LogP contribution in [0.5, 0.6) is 0 Å². The predicted octanol–water partition coefficient (Wildman–Crippen LogP) is -5.67. The van der Waals surface area contributed by atoms with Gasteiger partial charge in [-0.2, -0.15) is 0 Å². The molecule has 0 aliphatic heterocycles. The van der Waals surface area contributed by atoms with Crippen LogP contribution in [0.2, 0.25) is 0 Å². The molecular formula is CH2FeKNNa-. The fourth-order valence-electron chi connectivity index (χ4n) is 0. The average Bonchev–Trinajstić information content (AvgIpc) is 1.00. The van der Waals surface area contributed by atoms with Crippen LogP contribution in [0.1, 0.15) is 2.85 Å². The molecule has 0 saturated heterocycles. The van der Waals surface area contributed by atoms with Crippen LogP contribution in [-0.4, -0.2) is 0 Å². The van der Waals surface area contributed by atoms with Crippen molar-refractivity contribution in [1.29, 1.82) is 5.26 Å². The van der Waals surface area contributed by atoms with E-state index in [-0.39, 0.29) is 101 Å². The van der Waals surface area contributed by atoms with Crippen molar-refractivity contribution in [2.45, 2.75) is 0 Å². The van der Waals surface area contributed by atoms with E-state index < -0.39 is 0 Å². The zero-order valence-electron chi connectivity index (χ0n) is 5.30. The van der Waals surface area contributed by atoms with Crippen LogP contribution in [0.4, 0.5) is 0 Å². The Morgan fingerprint density at radius 2 is 1.40 bits per heavy atom. The van der Waals surface area contributed by atoms with Gasteiger partial charge < -0.3 is 14.7 Å². The van der Waals surface area contributed by atoms with Gasteiger partial charge in [-0.15, -0.1) is 0 Å². The molecule has 0 N–H and O–H groups in total. The van der Waals surface area contributed by atoms with Gasteiger partial charge in [-0.1, -0.05) is 0 Å². The van der Waals surface area contributed by atoms with Gasteiger partial charge in [0.25, 0.3) is 0 Å². The minimum absolute atomic E-state index is 0. The molecule has 0 fully saturated rings. The van der Waals surface area contributed by atoms with Crippen molar-refractivity contribution >= 4 is 0 Å². The van der Waals surface area contributed by atoms with Crippen molar-refractivity contribution in [2.75, 3.05) is 0 Å². The van der Waals surface area contributed by atoms with E-state index in [1.165, 1.54) is 0 Å². The molecular weight excluding hydrogens is 144 g/mol. The Hall–Kier alpha value is 2.65. The molecule has 0 saturated carbocycles. The summed E-state index contributed by atoms with van der Waals surface area (Å²) in [6, 6.07) is 0. The van der Waals surface area contributed by atoms with Gasteiger partial charge in [0.1, 0.15) is 0 Å². The van der Waals surface area contributed by atoms with Gasteiger partial charge in [0.05, 0.1) is 0 Å². The molecule has 5 heavy (non-hydrogen) atoms. The van der Waals surface area contributed by atoms with Crippen molar-refractivity contribution in [3.8, 4) is 0 Å². The van der Waals surface area contributed by atoms with Crippen LogP contribution in [-0.2, 0) is 17.1 Å². The summed E-state index contributed by atoms with van der Waals surface area (Å²) in [5.74, 6) is 0. The van der Waals surface area contributed by atoms with Gasteiger partial charge in [-0.05, 0) is 0 Å². The number of hydrogen-bond donors (Lipinski definition) is 0. The third-order valence-corrected chi connectivity index (χ3v) is 0. The Kier molecular flexibility index (Phi) is 154. The maximum absolute atomic E-state index is 6.25. The van der Waals surface area contributed by atoms with Crippen LogP contribution >= 0.6 is 0 Å². The monoisotopic (exact) mass is 146 g/mol. The molecule has 0 aromatic rings. The van der Waals surface area contributed by atoms with E-state index in [9.17, 15) is 0 Å². The Morgan fingerprint density at radius 1 is 1.40 bits per heavy atom. The van der Waals surface area contributed by atoms with E-state index in [4.69, 9.17) is 11.8 Å². The van der Waals surface area contributed by atoms with E-state index in [0.29, 0.717) is 0 Å². The third kappa shape index (κ3) is 20.5. The van der Waals surface area contributed by atoms with Crippen LogP contribution in [0.15, 0.2) is 0 Å². The molecule has 22 valence electrons. The van der Waals surface area contributed by atoms with Gasteiger partial charge in [-0.25, -0.2) is 0 Å². The molecule has 0 rings (SSSR count). The summed E-state index contributed by atoms with van der Waals surface area (Å²) in [5, 5.41) is 6.25. The topological polar surface area (TPSA) is 23.8 Å². The minimum Gasteiger partial charge on any atom is -1.00 e. The van der Waals surface area contributed by atoms with E-state index in [2.05, 4.69) is 0 Å². The van der Waals surface area contributed by atoms with E-state index >= 15 is 0 Å². The number of rotatable bonds is 0. The molecule has 0 radical (unpaired) electrons. The summed E-state index contributed by atoms with van der Waals surface area (Å²) in [6.45, 7) is 4.75. The van der Waals surface area contributed by atoms with E-state index in [1.807, 2.05) is 0 Å². The van der Waals surface area contributed by atoms with Crippen molar-refractivity contribution in [3.05, 3.63) is 6.57 Å². The summed E-state index contributed by atoms with van der Waals surface area (Å²) < 4.78 is 0. The Morgan fingerprint density at radius 3 is 1.40 bits per heavy atom. The van der Waals surface area contributed by atoms with Crippen LogP contribution < -0.4 is 80.9 Å². The predicted molar refractivity (Wildman–Crippen MR) is 7.19 cm³/mol. The zero-order valence-corrected chi connectivity index (χ0v) is 9.53. The quantitative estimate of drug-likeness (QED) is 0.247. The molecule has 4 heteroatoms. The molecule has 0 aliphatic carbocycles. The number of nitrogens with zero attached hydrogens (tertiary/aromatic N) is 1. The number of hydrogen-bond acceptors (Lipinski definition) is 1. The SMILES string of the molecule is [C-]#N.[Fe].[H-].[H-].[K+].[Na+]. The van der Waals surface area contributed by atoms with Crippen molar-refractivity contribution in [1.82, 2.24) is 0 Å². The summed E-state index contributed by atoms with van der Waals surface area (Å²) in [5.41, 5.74) is 0. The second-order valence-electron chi connectivity index (χ2n) is 0. The fraction of sp³-hybridized carbons (Fsp3) is 0. The molecule has 0 atom stereocenters. The van der Waals surface area contributed by atoms with Crippen LogP contribution in [0.3, 0.4) is 0 Å². The second kappa shape index (κ2) is 30.3. The second-order valence-corrected chi connectivity index (χ2v) is 0. The summed E-state index contributed by atoms with van der Waals surface area (Å²) in [6.07, 6.45) is 0. The van der Waals surface area contributed by atoms with Crippen molar-refractivity contribution in [2.24, 2.45) is 0 Å². The van der Waals surface area contributed by atoms with Gasteiger partial charge in [0.15, 0.2) is 0 Å². The first kappa shape index (κ1) is 25.4. The van der Waals surface area contributed by atoms with Crippen molar-refractivity contribution in [3.63, 3.8) is 0 Å². The molecule has 0 spiro atoms. The van der Waals surface area contributed by atoms with E-state index in [1.54, 1.807) is 0 Å². The first-order chi connectivity index (χ1) is 1.00. The molecule has 0 heterocycles. The minimum atomic E-state index is 0. The average molecular weight is 146 g/mol. The largest absolute Gasteiger partial charge is 1.00 e. The molecule has 0 amide bonds.